The van der Waals surface area contributed by atoms with Crippen LogP contribution >= 0.6 is 0 Å². The molecule has 1 aromatic carbocycles. The maximum Gasteiger partial charge on any atom is 0.138 e. The quantitative estimate of drug-likeness (QED) is 0.762. The van der Waals surface area contributed by atoms with Crippen LogP contribution in [0.1, 0.15) is 19.3 Å². The summed E-state index contributed by atoms with van der Waals surface area (Å²) in [5.74, 6) is 1.06. The van der Waals surface area contributed by atoms with Gasteiger partial charge >= 0.3 is 0 Å². The molecular weight excluding hydrogens is 210 g/mol. The zero-order valence-electron chi connectivity index (χ0n) is 9.89. The number of anilines is 2. The van der Waals surface area contributed by atoms with Crippen molar-refractivity contribution in [1.82, 2.24) is 4.98 Å². The average molecular weight is 227 g/mol. The number of pyridine rings is 1. The number of nitrogens with two attached hydrogens (primary N) is 1. The lowest BCUT2D eigenvalue weighted by Crippen LogP contribution is -2.30. The molecule has 2 N–H and O–H groups in total. The van der Waals surface area contributed by atoms with Crippen molar-refractivity contribution in [3.63, 3.8) is 0 Å². The highest BCUT2D eigenvalue weighted by Crippen LogP contribution is 2.30. The highest BCUT2D eigenvalue weighted by Gasteiger charge is 2.15. The van der Waals surface area contributed by atoms with Crippen LogP contribution < -0.4 is 10.6 Å². The fourth-order valence-corrected chi connectivity index (χ4v) is 2.58. The molecule has 88 valence electrons. The van der Waals surface area contributed by atoms with Gasteiger partial charge in [0, 0.05) is 30.4 Å². The molecule has 3 heteroatoms. The third-order valence-electron chi connectivity index (χ3n) is 3.46. The van der Waals surface area contributed by atoms with Crippen LogP contribution in [0.2, 0.25) is 0 Å². The van der Waals surface area contributed by atoms with Gasteiger partial charge in [0.1, 0.15) is 5.82 Å². The number of benzene rings is 1. The molecule has 3 nitrogen and oxygen atoms in total. The molecular formula is C14H17N3. The Bertz CT molecular complexity index is 525. The highest BCUT2D eigenvalue weighted by molar-refractivity contribution is 6.00. The van der Waals surface area contributed by atoms with Crippen LogP contribution in [0.5, 0.6) is 0 Å². The van der Waals surface area contributed by atoms with Crippen molar-refractivity contribution < 1.29 is 0 Å². The van der Waals surface area contributed by atoms with Gasteiger partial charge in [0.05, 0.1) is 0 Å². The monoisotopic (exact) mass is 227 g/mol. The van der Waals surface area contributed by atoms with Crippen molar-refractivity contribution in [2.24, 2.45) is 0 Å². The Kier molecular flexibility index (Phi) is 2.59. The number of piperidine rings is 1. The lowest BCUT2D eigenvalue weighted by atomic mass is 10.1. The highest BCUT2D eigenvalue weighted by atomic mass is 15.2. The minimum Gasteiger partial charge on any atom is -0.398 e. The van der Waals surface area contributed by atoms with E-state index in [1.807, 2.05) is 24.4 Å². The summed E-state index contributed by atoms with van der Waals surface area (Å²) in [6.07, 6.45) is 5.72. The molecule has 1 aliphatic rings. The molecule has 0 radical (unpaired) electrons. The summed E-state index contributed by atoms with van der Waals surface area (Å²) in [6.45, 7) is 2.20. The first-order valence-corrected chi connectivity index (χ1v) is 6.24. The summed E-state index contributed by atoms with van der Waals surface area (Å²) in [5, 5.41) is 2.29. The minimum atomic E-state index is 0.830. The Labute approximate surface area is 101 Å². The first kappa shape index (κ1) is 10.4. The summed E-state index contributed by atoms with van der Waals surface area (Å²) in [6, 6.07) is 8.08. The van der Waals surface area contributed by atoms with E-state index in [2.05, 4.69) is 16.0 Å². The molecule has 1 fully saturated rings. The van der Waals surface area contributed by atoms with Crippen molar-refractivity contribution in [3.05, 3.63) is 30.5 Å². The third-order valence-corrected chi connectivity index (χ3v) is 3.46. The van der Waals surface area contributed by atoms with Gasteiger partial charge in [-0.2, -0.15) is 0 Å². The number of hydrogen-bond donors (Lipinski definition) is 1. The van der Waals surface area contributed by atoms with E-state index in [1.54, 1.807) is 0 Å². The fraction of sp³-hybridized carbons (Fsp3) is 0.357. The Balaban J connectivity index is 2.14. The van der Waals surface area contributed by atoms with Gasteiger partial charge in [0.2, 0.25) is 0 Å². The van der Waals surface area contributed by atoms with Gasteiger partial charge < -0.3 is 10.6 Å². The number of rotatable bonds is 1. The van der Waals surface area contributed by atoms with Crippen molar-refractivity contribution >= 4 is 22.3 Å². The largest absolute Gasteiger partial charge is 0.398 e. The van der Waals surface area contributed by atoms with Gasteiger partial charge in [-0.25, -0.2) is 4.98 Å². The van der Waals surface area contributed by atoms with E-state index in [4.69, 9.17) is 5.73 Å². The van der Waals surface area contributed by atoms with E-state index < -0.39 is 0 Å². The van der Waals surface area contributed by atoms with Gasteiger partial charge in [0.15, 0.2) is 0 Å². The number of fused-ring (bicyclic) bond motifs is 1. The van der Waals surface area contributed by atoms with Gasteiger partial charge in [-0.15, -0.1) is 0 Å². The van der Waals surface area contributed by atoms with Crippen LogP contribution in [0.15, 0.2) is 30.5 Å². The molecule has 0 bridgehead atoms. The number of aromatic nitrogens is 1. The predicted octanol–water partition coefficient (Wildman–Crippen LogP) is 2.81. The normalized spacial score (nSPS) is 16.4. The van der Waals surface area contributed by atoms with E-state index in [0.717, 1.165) is 30.0 Å². The summed E-state index contributed by atoms with van der Waals surface area (Å²) in [4.78, 5) is 6.90. The van der Waals surface area contributed by atoms with E-state index in [0.29, 0.717) is 0 Å². The van der Waals surface area contributed by atoms with Gasteiger partial charge in [-0.1, -0.05) is 12.1 Å². The van der Waals surface area contributed by atoms with Gasteiger partial charge in [0.25, 0.3) is 0 Å². The Morgan fingerprint density at radius 2 is 1.88 bits per heavy atom. The second kappa shape index (κ2) is 4.24. The first-order chi connectivity index (χ1) is 8.36. The summed E-state index contributed by atoms with van der Waals surface area (Å²) < 4.78 is 0. The van der Waals surface area contributed by atoms with Crippen molar-refractivity contribution in [2.45, 2.75) is 19.3 Å². The molecule has 2 heterocycles. The predicted molar refractivity (Wildman–Crippen MR) is 72.2 cm³/mol. The van der Waals surface area contributed by atoms with Crippen LogP contribution in [-0.2, 0) is 0 Å². The Morgan fingerprint density at radius 1 is 1.06 bits per heavy atom. The van der Waals surface area contributed by atoms with Gasteiger partial charge in [-0.05, 0) is 36.8 Å². The fourth-order valence-electron chi connectivity index (χ4n) is 2.58. The molecule has 0 aliphatic carbocycles. The minimum absolute atomic E-state index is 0.830. The van der Waals surface area contributed by atoms with E-state index in [9.17, 15) is 0 Å². The standard InChI is InChI=1S/C14H17N3/c15-12-6-4-5-11-7-8-16-14(13(11)12)17-9-2-1-3-10-17/h4-8H,1-3,9-10,15H2. The number of nitrogens with zero attached hydrogens (tertiary/aromatic N) is 2. The van der Waals surface area contributed by atoms with E-state index >= 15 is 0 Å². The Hall–Kier alpha value is -1.77. The topological polar surface area (TPSA) is 42.1 Å². The van der Waals surface area contributed by atoms with Gasteiger partial charge in [-0.3, -0.25) is 0 Å². The lowest BCUT2D eigenvalue weighted by Gasteiger charge is -2.28. The Morgan fingerprint density at radius 3 is 2.71 bits per heavy atom. The molecule has 0 saturated carbocycles. The SMILES string of the molecule is Nc1cccc2ccnc(N3CCCCC3)c12. The zero-order valence-corrected chi connectivity index (χ0v) is 9.89. The summed E-state index contributed by atoms with van der Waals surface area (Å²) >= 11 is 0. The van der Waals surface area contributed by atoms with Crippen LogP contribution in [0, 0.1) is 0 Å². The molecule has 3 rings (SSSR count). The van der Waals surface area contributed by atoms with Crippen LogP contribution in [0.25, 0.3) is 10.8 Å². The molecule has 1 aromatic heterocycles. The molecule has 0 unspecified atom stereocenters. The average Bonchev–Trinajstić information content (AvgIpc) is 2.39. The summed E-state index contributed by atoms with van der Waals surface area (Å²) in [5.41, 5.74) is 6.93. The van der Waals surface area contributed by atoms with Crippen molar-refractivity contribution in [3.8, 4) is 0 Å². The smallest absolute Gasteiger partial charge is 0.138 e. The zero-order chi connectivity index (χ0) is 11.7. The second-order valence-corrected chi connectivity index (χ2v) is 4.63. The molecule has 0 atom stereocenters. The molecule has 0 amide bonds. The maximum atomic E-state index is 6.10. The van der Waals surface area contributed by atoms with E-state index in [1.165, 1.54) is 24.6 Å². The van der Waals surface area contributed by atoms with Crippen LogP contribution in [0.4, 0.5) is 11.5 Å². The summed E-state index contributed by atoms with van der Waals surface area (Å²) in [7, 11) is 0. The van der Waals surface area contributed by atoms with E-state index in [-0.39, 0.29) is 0 Å². The second-order valence-electron chi connectivity index (χ2n) is 4.63. The number of nitrogen functional groups attached to an aromatic ring is 1. The van der Waals surface area contributed by atoms with Crippen LogP contribution in [0.3, 0.4) is 0 Å². The first-order valence-electron chi connectivity index (χ1n) is 6.24. The molecule has 0 spiro atoms. The molecule has 1 saturated heterocycles. The van der Waals surface area contributed by atoms with Crippen molar-refractivity contribution in [2.75, 3.05) is 23.7 Å². The maximum absolute atomic E-state index is 6.10. The van der Waals surface area contributed by atoms with Crippen LogP contribution in [-0.4, -0.2) is 18.1 Å². The van der Waals surface area contributed by atoms with Crippen molar-refractivity contribution in [1.29, 1.82) is 0 Å². The molecule has 1 aliphatic heterocycles. The molecule has 2 aromatic rings. The molecule has 17 heavy (non-hydrogen) atoms. The lowest BCUT2D eigenvalue weighted by molar-refractivity contribution is 0.575. The third kappa shape index (κ3) is 1.82. The number of hydrogen-bond acceptors (Lipinski definition) is 3.